The number of rotatable bonds is 5. The Bertz CT molecular complexity index is 878. The summed E-state index contributed by atoms with van der Waals surface area (Å²) < 4.78 is 0.910. The van der Waals surface area contributed by atoms with Crippen LogP contribution in [0.1, 0.15) is 6.92 Å². The number of carbonyl (C=O) groups is 2. The molecule has 0 aliphatic rings. The molecule has 3 aromatic rings. The second kappa shape index (κ2) is 7.46. The van der Waals surface area contributed by atoms with Gasteiger partial charge in [0.05, 0.1) is 16.0 Å². The van der Waals surface area contributed by atoms with Gasteiger partial charge in [-0.05, 0) is 30.3 Å². The van der Waals surface area contributed by atoms with Crippen molar-refractivity contribution >= 4 is 55.9 Å². The molecule has 2 aromatic carbocycles. The number of thiazole rings is 1. The van der Waals surface area contributed by atoms with Gasteiger partial charge in [0, 0.05) is 17.5 Å². The highest BCUT2D eigenvalue weighted by Crippen LogP contribution is 2.28. The average molecular weight is 357 g/mol. The lowest BCUT2D eigenvalue weighted by Gasteiger charge is -2.01. The number of thioether (sulfide) groups is 1. The topological polar surface area (TPSA) is 71.1 Å². The number of carbonyl (C=O) groups excluding carboxylic acids is 2. The van der Waals surface area contributed by atoms with Crippen LogP contribution in [-0.4, -0.2) is 22.6 Å². The highest BCUT2D eigenvalue weighted by Gasteiger charge is 2.09. The van der Waals surface area contributed by atoms with E-state index in [1.807, 2.05) is 42.5 Å². The lowest BCUT2D eigenvalue weighted by atomic mass is 10.3. The van der Waals surface area contributed by atoms with Crippen molar-refractivity contribution in [3.63, 3.8) is 0 Å². The van der Waals surface area contributed by atoms with Crippen molar-refractivity contribution in [3.05, 3.63) is 48.5 Å². The van der Waals surface area contributed by atoms with Gasteiger partial charge in [0.1, 0.15) is 0 Å². The van der Waals surface area contributed by atoms with Crippen molar-refractivity contribution in [1.29, 1.82) is 0 Å². The molecule has 24 heavy (non-hydrogen) atoms. The lowest BCUT2D eigenvalue weighted by Crippen LogP contribution is -2.13. The van der Waals surface area contributed by atoms with E-state index in [4.69, 9.17) is 0 Å². The van der Waals surface area contributed by atoms with E-state index in [1.165, 1.54) is 30.0 Å². The summed E-state index contributed by atoms with van der Waals surface area (Å²) in [5.41, 5.74) is 1.51. The average Bonchev–Trinajstić information content (AvgIpc) is 2.94. The Morgan fingerprint density at radius 3 is 2.67 bits per heavy atom. The molecule has 0 unspecified atom stereocenters. The van der Waals surface area contributed by atoms with Gasteiger partial charge in [-0.15, -0.1) is 11.8 Å². The molecule has 0 bridgehead atoms. The minimum Gasteiger partial charge on any atom is -0.326 e. The minimum atomic E-state index is -0.120. The SMILES string of the molecule is CC(=O)Nc1ccc2nc(NC(=O)CSc3ccccc3)sc2c1. The Morgan fingerprint density at radius 2 is 1.92 bits per heavy atom. The molecule has 0 radical (unpaired) electrons. The number of benzene rings is 2. The zero-order valence-electron chi connectivity index (χ0n) is 12.9. The highest BCUT2D eigenvalue weighted by molar-refractivity contribution is 8.00. The number of nitrogens with zero attached hydrogens (tertiary/aromatic N) is 1. The Balaban J connectivity index is 1.64. The molecule has 0 atom stereocenters. The quantitative estimate of drug-likeness (QED) is 0.678. The monoisotopic (exact) mass is 357 g/mol. The highest BCUT2D eigenvalue weighted by atomic mass is 32.2. The van der Waals surface area contributed by atoms with Crippen LogP contribution in [0.15, 0.2) is 53.4 Å². The zero-order chi connectivity index (χ0) is 16.9. The largest absolute Gasteiger partial charge is 0.326 e. The van der Waals surface area contributed by atoms with Crippen LogP contribution in [0.25, 0.3) is 10.2 Å². The maximum absolute atomic E-state index is 12.1. The first-order valence-corrected chi connectivity index (χ1v) is 9.06. The summed E-state index contributed by atoms with van der Waals surface area (Å²) in [5.74, 6) is 0.118. The first-order valence-electron chi connectivity index (χ1n) is 7.26. The number of nitrogens with one attached hydrogen (secondary N) is 2. The second-order valence-corrected chi connectivity index (χ2v) is 7.11. The summed E-state index contributed by atoms with van der Waals surface area (Å²) in [6, 6.07) is 15.2. The molecule has 5 nitrogen and oxygen atoms in total. The molecule has 0 saturated carbocycles. The summed E-state index contributed by atoms with van der Waals surface area (Å²) >= 11 is 2.87. The molecule has 2 amide bonds. The maximum Gasteiger partial charge on any atom is 0.236 e. The van der Waals surface area contributed by atoms with Gasteiger partial charge < -0.3 is 10.6 Å². The first-order chi connectivity index (χ1) is 11.6. The molecule has 0 aliphatic carbocycles. The smallest absolute Gasteiger partial charge is 0.236 e. The van der Waals surface area contributed by atoms with E-state index in [9.17, 15) is 9.59 Å². The molecular weight excluding hydrogens is 342 g/mol. The third-order valence-corrected chi connectivity index (χ3v) is 5.01. The van der Waals surface area contributed by atoms with Crippen LogP contribution < -0.4 is 10.6 Å². The predicted molar refractivity (Wildman–Crippen MR) is 99.7 cm³/mol. The van der Waals surface area contributed by atoms with Gasteiger partial charge in [0.2, 0.25) is 11.8 Å². The molecule has 1 heterocycles. The van der Waals surface area contributed by atoms with Crippen molar-refractivity contribution in [1.82, 2.24) is 4.98 Å². The third-order valence-electron chi connectivity index (χ3n) is 3.07. The van der Waals surface area contributed by atoms with E-state index in [0.717, 1.165) is 20.8 Å². The fraction of sp³-hybridized carbons (Fsp3) is 0.118. The van der Waals surface area contributed by atoms with Crippen LogP contribution in [0, 0.1) is 0 Å². The minimum absolute atomic E-state index is 0.0926. The standard InChI is InChI=1S/C17H15N3O2S2/c1-11(21)18-12-7-8-14-15(9-12)24-17(19-14)20-16(22)10-23-13-5-3-2-4-6-13/h2-9H,10H2,1H3,(H,18,21)(H,19,20,22). The van der Waals surface area contributed by atoms with Crippen LogP contribution in [0.5, 0.6) is 0 Å². The Kier molecular flexibility index (Phi) is 5.12. The molecule has 0 fully saturated rings. The number of hydrogen-bond acceptors (Lipinski definition) is 5. The second-order valence-electron chi connectivity index (χ2n) is 5.03. The van der Waals surface area contributed by atoms with E-state index in [0.29, 0.717) is 10.9 Å². The molecule has 0 aliphatic heterocycles. The van der Waals surface area contributed by atoms with Gasteiger partial charge in [0.15, 0.2) is 5.13 Å². The summed E-state index contributed by atoms with van der Waals surface area (Å²) in [6.07, 6.45) is 0. The first kappa shape index (κ1) is 16.5. The molecule has 2 N–H and O–H groups in total. The van der Waals surface area contributed by atoms with Crippen molar-refractivity contribution in [2.75, 3.05) is 16.4 Å². The molecule has 122 valence electrons. The Morgan fingerprint density at radius 1 is 1.12 bits per heavy atom. The van der Waals surface area contributed by atoms with Crippen LogP contribution in [0.3, 0.4) is 0 Å². The van der Waals surface area contributed by atoms with Gasteiger partial charge in [0.25, 0.3) is 0 Å². The lowest BCUT2D eigenvalue weighted by molar-refractivity contribution is -0.114. The third kappa shape index (κ3) is 4.33. The molecule has 0 spiro atoms. The van der Waals surface area contributed by atoms with Crippen molar-refractivity contribution in [2.45, 2.75) is 11.8 Å². The van der Waals surface area contributed by atoms with Crippen molar-refractivity contribution < 1.29 is 9.59 Å². The number of fused-ring (bicyclic) bond motifs is 1. The van der Waals surface area contributed by atoms with E-state index in [2.05, 4.69) is 15.6 Å². The number of amides is 2. The Labute approximate surface area is 147 Å². The van der Waals surface area contributed by atoms with Crippen LogP contribution in [-0.2, 0) is 9.59 Å². The fourth-order valence-electron chi connectivity index (χ4n) is 2.08. The van der Waals surface area contributed by atoms with E-state index < -0.39 is 0 Å². The zero-order valence-corrected chi connectivity index (χ0v) is 14.5. The number of aromatic nitrogens is 1. The summed E-state index contributed by atoms with van der Waals surface area (Å²) in [7, 11) is 0. The fourth-order valence-corrected chi connectivity index (χ4v) is 3.72. The number of anilines is 2. The van der Waals surface area contributed by atoms with Gasteiger partial charge >= 0.3 is 0 Å². The van der Waals surface area contributed by atoms with E-state index >= 15 is 0 Å². The Hall–Kier alpha value is -2.38. The normalized spacial score (nSPS) is 10.5. The van der Waals surface area contributed by atoms with Crippen LogP contribution in [0.4, 0.5) is 10.8 Å². The van der Waals surface area contributed by atoms with Gasteiger partial charge in [-0.25, -0.2) is 4.98 Å². The van der Waals surface area contributed by atoms with Crippen molar-refractivity contribution in [2.24, 2.45) is 0 Å². The summed E-state index contributed by atoms with van der Waals surface area (Å²) in [6.45, 7) is 1.47. The van der Waals surface area contributed by atoms with Crippen molar-refractivity contribution in [3.8, 4) is 0 Å². The van der Waals surface area contributed by atoms with E-state index in [1.54, 1.807) is 6.07 Å². The van der Waals surface area contributed by atoms with Gasteiger partial charge in [-0.1, -0.05) is 29.5 Å². The molecule has 3 rings (SSSR count). The number of hydrogen-bond donors (Lipinski definition) is 2. The molecule has 7 heteroatoms. The van der Waals surface area contributed by atoms with Gasteiger partial charge in [-0.2, -0.15) is 0 Å². The van der Waals surface area contributed by atoms with E-state index in [-0.39, 0.29) is 11.8 Å². The molecular formula is C17H15N3O2S2. The summed E-state index contributed by atoms with van der Waals surface area (Å²) in [5, 5.41) is 6.12. The predicted octanol–water partition coefficient (Wildman–Crippen LogP) is 3.99. The van der Waals surface area contributed by atoms with Gasteiger partial charge in [-0.3, -0.25) is 9.59 Å². The molecule has 1 aromatic heterocycles. The molecule has 0 saturated heterocycles. The summed E-state index contributed by atoms with van der Waals surface area (Å²) in [4.78, 5) is 28.6. The maximum atomic E-state index is 12.1. The van der Waals surface area contributed by atoms with Crippen LogP contribution in [0.2, 0.25) is 0 Å². The van der Waals surface area contributed by atoms with Crippen LogP contribution >= 0.6 is 23.1 Å².